The van der Waals surface area contributed by atoms with Gasteiger partial charge in [0.05, 0.1) is 17.5 Å². The highest BCUT2D eigenvalue weighted by Gasteiger charge is 2.24. The highest BCUT2D eigenvalue weighted by molar-refractivity contribution is 7.89. The number of anilines is 1. The summed E-state index contributed by atoms with van der Waals surface area (Å²) < 4.78 is 39.5. The van der Waals surface area contributed by atoms with Crippen LogP contribution in [0.25, 0.3) is 11.1 Å². The van der Waals surface area contributed by atoms with Gasteiger partial charge in [-0.15, -0.1) is 0 Å². The Morgan fingerprint density at radius 3 is 2.71 bits per heavy atom. The molecule has 0 bridgehead atoms. The van der Waals surface area contributed by atoms with Crippen LogP contribution in [0.2, 0.25) is 0 Å². The zero-order valence-electron chi connectivity index (χ0n) is 17.0. The first-order valence-electron chi connectivity index (χ1n) is 9.95. The third kappa shape index (κ3) is 4.64. The average Bonchev–Trinajstić information content (AvgIpc) is 3.35. The summed E-state index contributed by atoms with van der Waals surface area (Å²) in [7, 11) is -2.20. The smallest absolute Gasteiger partial charge is 0.420 e. The highest BCUT2D eigenvalue weighted by atomic mass is 32.2. The second-order valence-corrected chi connectivity index (χ2v) is 9.18. The van der Waals surface area contributed by atoms with Gasteiger partial charge < -0.3 is 14.5 Å². The van der Waals surface area contributed by atoms with Gasteiger partial charge >= 0.3 is 5.76 Å². The number of ether oxygens (including phenoxy) is 1. The fraction of sp³-hybridized carbons (Fsp3) is 0.333. The van der Waals surface area contributed by atoms with Crippen molar-refractivity contribution in [1.82, 2.24) is 9.29 Å². The maximum Gasteiger partial charge on any atom is 0.420 e. The Labute approximate surface area is 179 Å². The first-order valence-corrected chi connectivity index (χ1v) is 11.4. The zero-order chi connectivity index (χ0) is 22.0. The molecule has 164 valence electrons. The van der Waals surface area contributed by atoms with E-state index < -0.39 is 21.7 Å². The van der Waals surface area contributed by atoms with Crippen LogP contribution in [0.15, 0.2) is 56.6 Å². The van der Waals surface area contributed by atoms with Crippen LogP contribution >= 0.6 is 0 Å². The lowest BCUT2D eigenvalue weighted by Gasteiger charge is -2.12. The third-order valence-electron chi connectivity index (χ3n) is 5.28. The summed E-state index contributed by atoms with van der Waals surface area (Å²) in [6.07, 6.45) is 3.63. The normalized spacial score (nSPS) is 14.7. The van der Waals surface area contributed by atoms with E-state index in [1.165, 1.54) is 25.3 Å². The van der Waals surface area contributed by atoms with Gasteiger partial charge in [0.2, 0.25) is 15.9 Å². The van der Waals surface area contributed by atoms with Gasteiger partial charge in [-0.25, -0.2) is 17.9 Å². The van der Waals surface area contributed by atoms with E-state index in [0.717, 1.165) is 30.3 Å². The molecule has 9 nitrogen and oxygen atoms in total. The lowest BCUT2D eigenvalue weighted by Crippen LogP contribution is -2.32. The quantitative estimate of drug-likeness (QED) is 0.577. The lowest BCUT2D eigenvalue weighted by molar-refractivity contribution is -0.116. The highest BCUT2D eigenvalue weighted by Crippen LogP contribution is 2.23. The number of nitrogens with zero attached hydrogens (tertiary/aromatic N) is 1. The molecule has 0 aliphatic heterocycles. The van der Waals surface area contributed by atoms with E-state index in [9.17, 15) is 18.0 Å². The summed E-state index contributed by atoms with van der Waals surface area (Å²) in [5.41, 5.74) is 0.968. The molecule has 1 aromatic heterocycles. The van der Waals surface area contributed by atoms with Gasteiger partial charge in [-0.05, 0) is 37.1 Å². The number of oxazole rings is 1. The number of amides is 1. The number of hydrogen-bond donors (Lipinski definition) is 2. The molecule has 0 spiro atoms. The molecule has 3 aromatic rings. The number of carbonyl (C=O) groups excluding carboxylic acids is 1. The van der Waals surface area contributed by atoms with E-state index in [2.05, 4.69) is 10.0 Å². The largest absolute Gasteiger partial charge is 0.497 e. The minimum absolute atomic E-state index is 0.0219. The summed E-state index contributed by atoms with van der Waals surface area (Å²) >= 11 is 0. The number of benzene rings is 2. The summed E-state index contributed by atoms with van der Waals surface area (Å²) in [4.78, 5) is 24.8. The van der Waals surface area contributed by atoms with Crippen LogP contribution in [0.5, 0.6) is 5.75 Å². The number of nitrogens with one attached hydrogen (secondary N) is 2. The molecule has 1 aliphatic carbocycles. The monoisotopic (exact) mass is 445 g/mol. The first-order chi connectivity index (χ1) is 14.9. The molecule has 2 aromatic carbocycles. The number of methoxy groups -OCH3 is 1. The van der Waals surface area contributed by atoms with Crippen LogP contribution in [0.1, 0.15) is 25.7 Å². The van der Waals surface area contributed by atoms with Crippen LogP contribution < -0.4 is 20.5 Å². The Morgan fingerprint density at radius 2 is 1.97 bits per heavy atom. The van der Waals surface area contributed by atoms with Crippen molar-refractivity contribution in [3.05, 3.63) is 53.0 Å². The van der Waals surface area contributed by atoms with Crippen molar-refractivity contribution in [1.29, 1.82) is 0 Å². The summed E-state index contributed by atoms with van der Waals surface area (Å²) in [5, 5.41) is 2.70. The number of rotatable bonds is 7. The standard InChI is InChI=1S/C21H23N3O6S/c1-29-16-8-4-7-15(11-16)22-20(25)13-24-18-10-9-17(12-19(18)30-21(24)26)31(27,28)23-14-5-2-3-6-14/h4,7-12,14,23H,2-3,5-6,13H2,1H3,(H,22,25). The molecular weight excluding hydrogens is 422 g/mol. The lowest BCUT2D eigenvalue weighted by atomic mass is 10.3. The van der Waals surface area contributed by atoms with Gasteiger partial charge in [0, 0.05) is 23.9 Å². The van der Waals surface area contributed by atoms with Crippen LogP contribution in [-0.4, -0.2) is 32.0 Å². The van der Waals surface area contributed by atoms with Gasteiger partial charge in [-0.3, -0.25) is 9.36 Å². The van der Waals surface area contributed by atoms with Crippen molar-refractivity contribution in [3.8, 4) is 5.75 Å². The third-order valence-corrected chi connectivity index (χ3v) is 6.80. The van der Waals surface area contributed by atoms with Crippen LogP contribution in [0, 0.1) is 0 Å². The molecule has 1 amide bonds. The predicted octanol–water partition coefficient (Wildman–Crippen LogP) is 2.46. The molecule has 0 radical (unpaired) electrons. The fourth-order valence-electron chi connectivity index (χ4n) is 3.74. The number of aromatic nitrogens is 1. The van der Waals surface area contributed by atoms with Crippen LogP contribution in [0.4, 0.5) is 5.69 Å². The van der Waals surface area contributed by atoms with Crippen LogP contribution in [-0.2, 0) is 21.4 Å². The molecule has 0 atom stereocenters. The van der Waals surface area contributed by atoms with Gasteiger partial charge in [-0.1, -0.05) is 18.9 Å². The molecule has 1 saturated carbocycles. The Balaban J connectivity index is 1.54. The van der Waals surface area contributed by atoms with Crippen molar-refractivity contribution < 1.29 is 22.4 Å². The number of sulfonamides is 1. The van der Waals surface area contributed by atoms with E-state index in [1.54, 1.807) is 24.3 Å². The fourth-order valence-corrected chi connectivity index (χ4v) is 5.06. The van der Waals surface area contributed by atoms with Gasteiger partial charge in [0.15, 0.2) is 5.58 Å². The Bertz CT molecular complexity index is 1270. The Hall–Kier alpha value is -3.11. The Kier molecular flexibility index (Phi) is 5.84. The van der Waals surface area contributed by atoms with Crippen LogP contribution in [0.3, 0.4) is 0 Å². The molecule has 1 heterocycles. The Morgan fingerprint density at radius 1 is 1.19 bits per heavy atom. The van der Waals surface area contributed by atoms with E-state index in [0.29, 0.717) is 17.0 Å². The molecule has 0 unspecified atom stereocenters. The minimum Gasteiger partial charge on any atom is -0.497 e. The molecule has 1 fully saturated rings. The van der Waals surface area contributed by atoms with Crippen molar-refractivity contribution in [3.63, 3.8) is 0 Å². The summed E-state index contributed by atoms with van der Waals surface area (Å²) in [6, 6.07) is 11.0. The first kappa shape index (κ1) is 21.1. The second kappa shape index (κ2) is 8.56. The van der Waals surface area contributed by atoms with Crippen molar-refractivity contribution in [2.75, 3.05) is 12.4 Å². The van der Waals surface area contributed by atoms with E-state index >= 15 is 0 Å². The summed E-state index contributed by atoms with van der Waals surface area (Å²) in [5.74, 6) is -0.588. The maximum atomic E-state index is 12.6. The van der Waals surface area contributed by atoms with Crippen molar-refractivity contribution >= 4 is 32.7 Å². The van der Waals surface area contributed by atoms with E-state index in [1.807, 2.05) is 0 Å². The molecular formula is C21H23N3O6S. The minimum atomic E-state index is -3.72. The van der Waals surface area contributed by atoms with Crippen molar-refractivity contribution in [2.24, 2.45) is 0 Å². The SMILES string of the molecule is COc1cccc(NC(=O)Cn2c(=O)oc3cc(S(=O)(=O)NC4CCCC4)ccc32)c1. The molecule has 0 saturated heterocycles. The number of carbonyl (C=O) groups is 1. The predicted molar refractivity (Wildman–Crippen MR) is 115 cm³/mol. The average molecular weight is 445 g/mol. The van der Waals surface area contributed by atoms with Gasteiger partial charge in [-0.2, -0.15) is 0 Å². The maximum absolute atomic E-state index is 12.6. The number of hydrogen-bond acceptors (Lipinski definition) is 6. The van der Waals surface area contributed by atoms with E-state index in [4.69, 9.17) is 9.15 Å². The van der Waals surface area contributed by atoms with Crippen molar-refractivity contribution in [2.45, 2.75) is 43.2 Å². The molecule has 1 aliphatic rings. The topological polar surface area (TPSA) is 120 Å². The number of fused-ring (bicyclic) bond motifs is 1. The van der Waals surface area contributed by atoms with Gasteiger partial charge in [0.1, 0.15) is 12.3 Å². The molecule has 4 rings (SSSR count). The van der Waals surface area contributed by atoms with Gasteiger partial charge in [0.25, 0.3) is 0 Å². The summed E-state index contributed by atoms with van der Waals surface area (Å²) in [6.45, 7) is -0.282. The molecule has 31 heavy (non-hydrogen) atoms. The van der Waals surface area contributed by atoms with E-state index in [-0.39, 0.29) is 23.1 Å². The zero-order valence-corrected chi connectivity index (χ0v) is 17.8. The molecule has 2 N–H and O–H groups in total. The molecule has 10 heteroatoms. The second-order valence-electron chi connectivity index (χ2n) is 7.47.